The predicted octanol–water partition coefficient (Wildman–Crippen LogP) is 2.66. The van der Waals surface area contributed by atoms with Crippen molar-refractivity contribution in [2.75, 3.05) is 18.1 Å². The van der Waals surface area contributed by atoms with E-state index in [-0.39, 0.29) is 24.4 Å². The van der Waals surface area contributed by atoms with Crippen molar-refractivity contribution in [3.05, 3.63) is 35.4 Å². The van der Waals surface area contributed by atoms with Crippen LogP contribution in [0.15, 0.2) is 18.2 Å². The topological polar surface area (TPSA) is 41.1 Å². The van der Waals surface area contributed by atoms with E-state index in [0.717, 1.165) is 24.1 Å². The molecule has 1 fully saturated rings. The van der Waals surface area contributed by atoms with Gasteiger partial charge in [0.2, 0.25) is 5.91 Å². The fourth-order valence-corrected chi connectivity index (χ4v) is 3.15. The first-order chi connectivity index (χ1) is 9.56. The van der Waals surface area contributed by atoms with E-state index in [9.17, 15) is 13.6 Å². The number of benzene rings is 1. The van der Waals surface area contributed by atoms with Crippen molar-refractivity contribution in [3.8, 4) is 0 Å². The number of hydrogen-bond donors (Lipinski definition) is 2. The lowest BCUT2D eigenvalue weighted by Gasteiger charge is -2.23. The van der Waals surface area contributed by atoms with Gasteiger partial charge in [-0.2, -0.15) is 11.8 Å². The Morgan fingerprint density at radius 3 is 2.90 bits per heavy atom. The maximum Gasteiger partial charge on any atom is 0.222 e. The highest BCUT2D eigenvalue weighted by atomic mass is 35.5. The van der Waals surface area contributed by atoms with Crippen LogP contribution < -0.4 is 10.6 Å². The van der Waals surface area contributed by atoms with E-state index in [1.165, 1.54) is 12.1 Å². The van der Waals surface area contributed by atoms with Crippen molar-refractivity contribution >= 4 is 30.1 Å². The van der Waals surface area contributed by atoms with Gasteiger partial charge in [0.1, 0.15) is 11.6 Å². The molecular formula is C14H19ClF2N2OS. The minimum absolute atomic E-state index is 0. The second-order valence-electron chi connectivity index (χ2n) is 4.89. The number of halogens is 3. The summed E-state index contributed by atoms with van der Waals surface area (Å²) in [5.74, 6) is 0.598. The number of amides is 1. The highest BCUT2D eigenvalue weighted by molar-refractivity contribution is 7.99. The highest BCUT2D eigenvalue weighted by Crippen LogP contribution is 2.18. The molecule has 3 nitrogen and oxygen atoms in total. The monoisotopic (exact) mass is 336 g/mol. The summed E-state index contributed by atoms with van der Waals surface area (Å²) in [6, 6.07) is 3.08. The molecule has 1 aliphatic heterocycles. The van der Waals surface area contributed by atoms with Crippen LogP contribution in [0.5, 0.6) is 0 Å². The maximum atomic E-state index is 13.6. The quantitative estimate of drug-likeness (QED) is 0.888. The molecule has 0 aromatic heterocycles. The average Bonchev–Trinajstić information content (AvgIpc) is 2.39. The SMILES string of the molecule is CC(NC(=O)CC1CSCCN1)c1ccc(F)cc1F.Cl. The number of thioether (sulfide) groups is 1. The van der Waals surface area contributed by atoms with Gasteiger partial charge in [-0.1, -0.05) is 6.07 Å². The van der Waals surface area contributed by atoms with Gasteiger partial charge in [-0.15, -0.1) is 12.4 Å². The molecule has 1 aliphatic rings. The van der Waals surface area contributed by atoms with Gasteiger partial charge in [0, 0.05) is 42.1 Å². The van der Waals surface area contributed by atoms with E-state index in [4.69, 9.17) is 0 Å². The summed E-state index contributed by atoms with van der Waals surface area (Å²) < 4.78 is 26.4. The van der Waals surface area contributed by atoms with Crippen LogP contribution in [0.2, 0.25) is 0 Å². The smallest absolute Gasteiger partial charge is 0.222 e. The van der Waals surface area contributed by atoms with Gasteiger partial charge in [-0.25, -0.2) is 8.78 Å². The molecular weight excluding hydrogens is 318 g/mol. The Labute approximate surface area is 133 Å². The lowest BCUT2D eigenvalue weighted by Crippen LogP contribution is -2.41. The third-order valence-corrected chi connectivity index (χ3v) is 4.37. The van der Waals surface area contributed by atoms with Crippen LogP contribution >= 0.6 is 24.2 Å². The lowest BCUT2D eigenvalue weighted by atomic mass is 10.1. The van der Waals surface area contributed by atoms with Gasteiger partial charge >= 0.3 is 0 Å². The molecule has 0 spiro atoms. The summed E-state index contributed by atoms with van der Waals surface area (Å²) in [6.45, 7) is 2.60. The molecule has 0 aliphatic carbocycles. The number of rotatable bonds is 4. The minimum atomic E-state index is -0.635. The van der Waals surface area contributed by atoms with Crippen LogP contribution in [0.4, 0.5) is 8.78 Å². The molecule has 0 radical (unpaired) electrons. The van der Waals surface area contributed by atoms with Crippen LogP contribution in [0.3, 0.4) is 0 Å². The Morgan fingerprint density at radius 1 is 1.52 bits per heavy atom. The van der Waals surface area contributed by atoms with Crippen molar-refractivity contribution in [2.45, 2.75) is 25.4 Å². The van der Waals surface area contributed by atoms with E-state index >= 15 is 0 Å². The molecule has 1 aromatic carbocycles. The van der Waals surface area contributed by atoms with E-state index in [2.05, 4.69) is 10.6 Å². The molecule has 2 N–H and O–H groups in total. The summed E-state index contributed by atoms with van der Waals surface area (Å²) in [7, 11) is 0. The number of hydrogen-bond acceptors (Lipinski definition) is 3. The molecule has 0 saturated carbocycles. The van der Waals surface area contributed by atoms with Crippen molar-refractivity contribution in [1.29, 1.82) is 0 Å². The number of carbonyl (C=O) groups excluding carboxylic acids is 1. The summed E-state index contributed by atoms with van der Waals surface area (Å²) in [6.07, 6.45) is 0.375. The Kier molecular flexibility index (Phi) is 7.42. The van der Waals surface area contributed by atoms with Crippen molar-refractivity contribution in [1.82, 2.24) is 10.6 Å². The summed E-state index contributed by atoms with van der Waals surface area (Å²) in [5, 5.41) is 6.03. The lowest BCUT2D eigenvalue weighted by molar-refractivity contribution is -0.122. The maximum absolute atomic E-state index is 13.6. The molecule has 2 unspecified atom stereocenters. The van der Waals surface area contributed by atoms with Gasteiger partial charge in [0.15, 0.2) is 0 Å². The zero-order valence-corrected chi connectivity index (χ0v) is 13.3. The Morgan fingerprint density at radius 2 is 2.29 bits per heavy atom. The number of nitrogens with one attached hydrogen (secondary N) is 2. The molecule has 2 rings (SSSR count). The molecule has 1 saturated heterocycles. The van der Waals surface area contributed by atoms with Gasteiger partial charge in [-0.05, 0) is 13.0 Å². The van der Waals surface area contributed by atoms with Crippen LogP contribution in [0.1, 0.15) is 24.9 Å². The first kappa shape index (κ1) is 18.2. The van der Waals surface area contributed by atoms with E-state index in [1.54, 1.807) is 6.92 Å². The summed E-state index contributed by atoms with van der Waals surface area (Å²) in [4.78, 5) is 11.9. The van der Waals surface area contributed by atoms with Crippen molar-refractivity contribution in [3.63, 3.8) is 0 Å². The average molecular weight is 337 g/mol. The van der Waals surface area contributed by atoms with Gasteiger partial charge in [0.05, 0.1) is 6.04 Å². The Hall–Kier alpha value is -0.850. The van der Waals surface area contributed by atoms with Crippen LogP contribution in [-0.2, 0) is 4.79 Å². The minimum Gasteiger partial charge on any atom is -0.349 e. The van der Waals surface area contributed by atoms with E-state index in [1.807, 2.05) is 11.8 Å². The second-order valence-corrected chi connectivity index (χ2v) is 6.03. The van der Waals surface area contributed by atoms with Crippen LogP contribution in [0.25, 0.3) is 0 Å². The molecule has 1 amide bonds. The molecule has 21 heavy (non-hydrogen) atoms. The molecule has 1 aromatic rings. The van der Waals surface area contributed by atoms with Crippen LogP contribution in [-0.4, -0.2) is 30.0 Å². The fourth-order valence-electron chi connectivity index (χ4n) is 2.21. The normalized spacial score (nSPS) is 19.5. The first-order valence-electron chi connectivity index (χ1n) is 6.61. The standard InChI is InChI=1S/C14H18F2N2OS.ClH/c1-9(12-3-2-10(15)6-13(12)16)18-14(19)7-11-8-20-5-4-17-11;/h2-3,6,9,11,17H,4-5,7-8H2,1H3,(H,18,19);1H. The third kappa shape index (κ3) is 5.45. The molecule has 0 bridgehead atoms. The van der Waals surface area contributed by atoms with Crippen molar-refractivity contribution in [2.24, 2.45) is 0 Å². The molecule has 118 valence electrons. The fraction of sp³-hybridized carbons (Fsp3) is 0.500. The molecule has 1 heterocycles. The summed E-state index contributed by atoms with van der Waals surface area (Å²) in [5.41, 5.74) is 0.297. The number of carbonyl (C=O) groups is 1. The second kappa shape index (κ2) is 8.56. The Bertz CT molecular complexity index is 484. The summed E-state index contributed by atoms with van der Waals surface area (Å²) >= 11 is 1.82. The largest absolute Gasteiger partial charge is 0.349 e. The zero-order chi connectivity index (χ0) is 14.5. The van der Waals surface area contributed by atoms with Gasteiger partial charge in [-0.3, -0.25) is 4.79 Å². The Balaban J connectivity index is 0.00000220. The van der Waals surface area contributed by atoms with Crippen molar-refractivity contribution < 1.29 is 13.6 Å². The first-order valence-corrected chi connectivity index (χ1v) is 7.77. The van der Waals surface area contributed by atoms with E-state index in [0.29, 0.717) is 12.0 Å². The van der Waals surface area contributed by atoms with E-state index < -0.39 is 17.7 Å². The third-order valence-electron chi connectivity index (χ3n) is 3.24. The zero-order valence-electron chi connectivity index (χ0n) is 11.7. The molecule has 2 atom stereocenters. The predicted molar refractivity (Wildman–Crippen MR) is 83.9 cm³/mol. The van der Waals surface area contributed by atoms with Gasteiger partial charge < -0.3 is 10.6 Å². The van der Waals surface area contributed by atoms with Crippen LogP contribution in [0, 0.1) is 11.6 Å². The van der Waals surface area contributed by atoms with Gasteiger partial charge in [0.25, 0.3) is 0 Å². The highest BCUT2D eigenvalue weighted by Gasteiger charge is 2.19. The molecule has 7 heteroatoms.